The molecule has 1 aromatic rings. The molecule has 0 saturated heterocycles. The summed E-state index contributed by atoms with van der Waals surface area (Å²) in [5.41, 5.74) is 9.05. The molecule has 94 valence electrons. The zero-order chi connectivity index (χ0) is 12.5. The molecule has 1 aliphatic rings. The number of rotatable bonds is 4. The number of unbranched alkanes of at least 4 members (excludes halogenated alkanes) is 1. The van der Waals surface area contributed by atoms with E-state index in [1.54, 1.807) is 0 Å². The van der Waals surface area contributed by atoms with Crippen LogP contribution in [0, 0.1) is 0 Å². The van der Waals surface area contributed by atoms with Crippen molar-refractivity contribution < 1.29 is 4.74 Å². The lowest BCUT2D eigenvalue weighted by atomic mass is 9.86. The number of ether oxygens (including phenoxy) is 1. The monoisotopic (exact) mass is 233 g/mol. The fourth-order valence-corrected chi connectivity index (χ4v) is 2.66. The number of benzene rings is 1. The Hall–Kier alpha value is -1.02. The Balaban J connectivity index is 2.17. The Morgan fingerprint density at radius 1 is 1.41 bits per heavy atom. The summed E-state index contributed by atoms with van der Waals surface area (Å²) in [5.74, 6) is 0.963. The second-order valence-electron chi connectivity index (χ2n) is 5.65. The zero-order valence-electron chi connectivity index (χ0n) is 11.1. The van der Waals surface area contributed by atoms with Crippen molar-refractivity contribution in [2.24, 2.45) is 5.73 Å². The third-order valence-electron chi connectivity index (χ3n) is 3.65. The van der Waals surface area contributed by atoms with E-state index in [-0.39, 0.29) is 11.5 Å². The van der Waals surface area contributed by atoms with Crippen molar-refractivity contribution in [3.05, 3.63) is 29.3 Å². The topological polar surface area (TPSA) is 35.2 Å². The average molecular weight is 233 g/mol. The summed E-state index contributed by atoms with van der Waals surface area (Å²) < 4.78 is 5.73. The lowest BCUT2D eigenvalue weighted by Crippen LogP contribution is -2.14. The van der Waals surface area contributed by atoms with Crippen molar-refractivity contribution in [3.63, 3.8) is 0 Å². The predicted molar refractivity (Wildman–Crippen MR) is 71.4 cm³/mol. The van der Waals surface area contributed by atoms with E-state index in [0.29, 0.717) is 0 Å². The van der Waals surface area contributed by atoms with Gasteiger partial charge in [-0.2, -0.15) is 0 Å². The third-order valence-corrected chi connectivity index (χ3v) is 3.65. The van der Waals surface area contributed by atoms with Gasteiger partial charge in [-0.25, -0.2) is 0 Å². The van der Waals surface area contributed by atoms with Gasteiger partial charge >= 0.3 is 0 Å². The number of nitrogens with two attached hydrogens (primary N) is 1. The van der Waals surface area contributed by atoms with E-state index in [1.165, 1.54) is 11.1 Å². The lowest BCUT2D eigenvalue weighted by Gasteiger charge is -2.18. The minimum Gasteiger partial charge on any atom is -0.494 e. The molecule has 0 aliphatic heterocycles. The third kappa shape index (κ3) is 2.47. The molecular weight excluding hydrogens is 210 g/mol. The molecule has 2 heteroatoms. The average Bonchev–Trinajstić information content (AvgIpc) is 2.50. The first-order valence-corrected chi connectivity index (χ1v) is 6.57. The van der Waals surface area contributed by atoms with E-state index in [0.717, 1.165) is 31.6 Å². The van der Waals surface area contributed by atoms with Gasteiger partial charge in [0.05, 0.1) is 6.61 Å². The van der Waals surface area contributed by atoms with Gasteiger partial charge in [-0.1, -0.05) is 33.3 Å². The van der Waals surface area contributed by atoms with Gasteiger partial charge in [-0.05, 0) is 41.5 Å². The molecule has 0 aromatic heterocycles. The van der Waals surface area contributed by atoms with Gasteiger partial charge < -0.3 is 10.5 Å². The van der Waals surface area contributed by atoms with E-state index >= 15 is 0 Å². The van der Waals surface area contributed by atoms with Gasteiger partial charge in [0.15, 0.2) is 0 Å². The smallest absolute Gasteiger partial charge is 0.119 e. The van der Waals surface area contributed by atoms with Crippen molar-refractivity contribution in [2.75, 3.05) is 6.61 Å². The van der Waals surface area contributed by atoms with Crippen LogP contribution >= 0.6 is 0 Å². The largest absolute Gasteiger partial charge is 0.494 e. The molecule has 1 atom stereocenters. The van der Waals surface area contributed by atoms with Gasteiger partial charge in [0, 0.05) is 6.04 Å². The first-order chi connectivity index (χ1) is 8.04. The minimum absolute atomic E-state index is 0.162. The number of fused-ring (bicyclic) bond motifs is 1. The van der Waals surface area contributed by atoms with Gasteiger partial charge in [0.1, 0.15) is 5.75 Å². The lowest BCUT2D eigenvalue weighted by molar-refractivity contribution is 0.309. The van der Waals surface area contributed by atoms with Crippen LogP contribution < -0.4 is 10.5 Å². The van der Waals surface area contributed by atoms with Crippen molar-refractivity contribution in [1.29, 1.82) is 0 Å². The zero-order valence-corrected chi connectivity index (χ0v) is 11.1. The first kappa shape index (κ1) is 12.4. The summed E-state index contributed by atoms with van der Waals surface area (Å²) in [6, 6.07) is 6.55. The Labute approximate surface area is 104 Å². The second-order valence-corrected chi connectivity index (χ2v) is 5.65. The van der Waals surface area contributed by atoms with E-state index in [4.69, 9.17) is 10.5 Å². The second kappa shape index (κ2) is 4.69. The normalized spacial score (nSPS) is 21.3. The van der Waals surface area contributed by atoms with Gasteiger partial charge in [0.2, 0.25) is 0 Å². The number of hydrogen-bond donors (Lipinski definition) is 1. The quantitative estimate of drug-likeness (QED) is 0.807. The highest BCUT2D eigenvalue weighted by Crippen LogP contribution is 2.44. The Kier molecular flexibility index (Phi) is 3.43. The highest BCUT2D eigenvalue weighted by Gasteiger charge is 2.34. The van der Waals surface area contributed by atoms with Crippen LogP contribution in [-0.4, -0.2) is 6.61 Å². The molecule has 0 amide bonds. The molecule has 0 saturated carbocycles. The molecule has 0 radical (unpaired) electrons. The number of hydrogen-bond acceptors (Lipinski definition) is 2. The van der Waals surface area contributed by atoms with Crippen LogP contribution in [0.2, 0.25) is 0 Å². The molecule has 1 aliphatic carbocycles. The van der Waals surface area contributed by atoms with Crippen LogP contribution in [-0.2, 0) is 5.41 Å². The molecule has 0 fully saturated rings. The van der Waals surface area contributed by atoms with Gasteiger partial charge in [0.25, 0.3) is 0 Å². The summed E-state index contributed by atoms with van der Waals surface area (Å²) in [7, 11) is 0. The Morgan fingerprint density at radius 3 is 2.88 bits per heavy atom. The van der Waals surface area contributed by atoms with Gasteiger partial charge in [-0.15, -0.1) is 0 Å². The fourth-order valence-electron chi connectivity index (χ4n) is 2.66. The van der Waals surface area contributed by atoms with Crippen LogP contribution in [0.1, 0.15) is 57.2 Å². The van der Waals surface area contributed by atoms with Crippen LogP contribution in [0.25, 0.3) is 0 Å². The summed E-state index contributed by atoms with van der Waals surface area (Å²) in [6.45, 7) is 7.49. The van der Waals surface area contributed by atoms with Crippen LogP contribution in [0.3, 0.4) is 0 Å². The van der Waals surface area contributed by atoms with E-state index < -0.39 is 0 Å². The summed E-state index contributed by atoms with van der Waals surface area (Å²) in [5, 5.41) is 0. The van der Waals surface area contributed by atoms with E-state index in [2.05, 4.69) is 39.0 Å². The molecule has 0 spiro atoms. The molecule has 0 heterocycles. The van der Waals surface area contributed by atoms with Gasteiger partial charge in [-0.3, -0.25) is 0 Å². The maximum atomic E-state index is 6.19. The summed E-state index contributed by atoms with van der Waals surface area (Å²) >= 11 is 0. The van der Waals surface area contributed by atoms with E-state index in [9.17, 15) is 0 Å². The molecule has 2 rings (SSSR count). The molecule has 17 heavy (non-hydrogen) atoms. The van der Waals surface area contributed by atoms with Crippen molar-refractivity contribution in [2.45, 2.75) is 51.5 Å². The summed E-state index contributed by atoms with van der Waals surface area (Å²) in [6.07, 6.45) is 3.30. The van der Waals surface area contributed by atoms with Crippen LogP contribution in [0.5, 0.6) is 5.75 Å². The van der Waals surface area contributed by atoms with Crippen molar-refractivity contribution in [3.8, 4) is 5.75 Å². The maximum Gasteiger partial charge on any atom is 0.119 e. The molecule has 0 bridgehead atoms. The standard InChI is InChI=1S/C15H23NO/c1-4-5-8-17-11-6-7-13-12(9-11)14(16)10-15(13,2)3/h6-7,9,14H,4-5,8,10,16H2,1-3H3. The fraction of sp³-hybridized carbons (Fsp3) is 0.600. The van der Waals surface area contributed by atoms with Crippen LogP contribution in [0.4, 0.5) is 0 Å². The first-order valence-electron chi connectivity index (χ1n) is 6.57. The SMILES string of the molecule is CCCCOc1ccc2c(c1)C(N)CC2(C)C. The highest BCUT2D eigenvalue weighted by molar-refractivity contribution is 5.45. The molecular formula is C15H23NO. The minimum atomic E-state index is 0.162. The molecule has 1 aromatic carbocycles. The van der Waals surface area contributed by atoms with Crippen molar-refractivity contribution >= 4 is 0 Å². The molecule has 2 nitrogen and oxygen atoms in total. The predicted octanol–water partition coefficient (Wildman–Crippen LogP) is 3.55. The molecule has 1 unspecified atom stereocenters. The molecule has 2 N–H and O–H groups in total. The summed E-state index contributed by atoms with van der Waals surface area (Å²) in [4.78, 5) is 0. The Bertz CT molecular complexity index is 398. The highest BCUT2D eigenvalue weighted by atomic mass is 16.5. The van der Waals surface area contributed by atoms with E-state index in [1.807, 2.05) is 0 Å². The van der Waals surface area contributed by atoms with Crippen LogP contribution in [0.15, 0.2) is 18.2 Å². The maximum absolute atomic E-state index is 6.19. The van der Waals surface area contributed by atoms with Crippen molar-refractivity contribution in [1.82, 2.24) is 0 Å². The Morgan fingerprint density at radius 2 is 2.18 bits per heavy atom.